The van der Waals surface area contributed by atoms with Gasteiger partial charge in [0.25, 0.3) is 0 Å². The third-order valence-electron chi connectivity index (χ3n) is 4.83. The molecule has 3 rings (SSSR count). The Bertz CT molecular complexity index is 899. The van der Waals surface area contributed by atoms with Crippen molar-refractivity contribution in [1.82, 2.24) is 15.1 Å². The molecular formula is C21H24N4O2. The highest BCUT2D eigenvalue weighted by atomic mass is 16.2. The van der Waals surface area contributed by atoms with Crippen LogP contribution in [-0.2, 0) is 4.79 Å². The molecule has 1 N–H and O–H groups in total. The Kier molecular flexibility index (Phi) is 5.41. The van der Waals surface area contributed by atoms with Crippen LogP contribution in [0.25, 0.3) is 11.3 Å². The van der Waals surface area contributed by atoms with Gasteiger partial charge in [-0.2, -0.15) is 10.4 Å². The summed E-state index contributed by atoms with van der Waals surface area (Å²) in [5.74, 6) is 0.155. The molecule has 6 nitrogen and oxygen atoms in total. The second-order valence-corrected chi connectivity index (χ2v) is 7.21. The van der Waals surface area contributed by atoms with Gasteiger partial charge in [0.2, 0.25) is 5.91 Å². The number of ketones is 1. The largest absolute Gasteiger partial charge is 0.359 e. The minimum atomic E-state index is -0.140. The number of amides is 1. The summed E-state index contributed by atoms with van der Waals surface area (Å²) in [7, 11) is 1.57. The summed E-state index contributed by atoms with van der Waals surface area (Å²) in [6.07, 6.45) is 2.44. The van der Waals surface area contributed by atoms with Gasteiger partial charge in [0, 0.05) is 37.1 Å². The summed E-state index contributed by atoms with van der Waals surface area (Å²) < 4.78 is 1.80. The Balaban J connectivity index is 2.06. The maximum atomic E-state index is 13.0. The van der Waals surface area contributed by atoms with E-state index in [-0.39, 0.29) is 30.6 Å². The first-order valence-electron chi connectivity index (χ1n) is 9.33. The first-order chi connectivity index (χ1) is 13.0. The van der Waals surface area contributed by atoms with Gasteiger partial charge in [-0.05, 0) is 44.7 Å². The number of hydrogen-bond donors (Lipinski definition) is 1. The predicted molar refractivity (Wildman–Crippen MR) is 102 cm³/mol. The van der Waals surface area contributed by atoms with Crippen molar-refractivity contribution < 1.29 is 9.59 Å². The maximum Gasteiger partial charge on any atom is 0.220 e. The molecule has 0 spiro atoms. The molecule has 140 valence electrons. The van der Waals surface area contributed by atoms with Crippen molar-refractivity contribution in [1.29, 1.82) is 5.26 Å². The van der Waals surface area contributed by atoms with E-state index in [1.807, 2.05) is 26.0 Å². The van der Waals surface area contributed by atoms with Crippen molar-refractivity contribution in [3.63, 3.8) is 0 Å². The van der Waals surface area contributed by atoms with E-state index in [4.69, 9.17) is 10.4 Å². The zero-order chi connectivity index (χ0) is 19.6. The third-order valence-corrected chi connectivity index (χ3v) is 4.83. The van der Waals surface area contributed by atoms with Gasteiger partial charge in [-0.1, -0.05) is 12.1 Å². The number of nitriles is 1. The average Bonchev–Trinajstić information content (AvgIpc) is 3.44. The molecule has 0 atom stereocenters. The monoisotopic (exact) mass is 364 g/mol. The molecule has 27 heavy (non-hydrogen) atoms. The van der Waals surface area contributed by atoms with Crippen LogP contribution in [0.3, 0.4) is 0 Å². The van der Waals surface area contributed by atoms with E-state index >= 15 is 0 Å². The van der Waals surface area contributed by atoms with Crippen LogP contribution in [-0.4, -0.2) is 28.5 Å². The molecule has 0 aliphatic heterocycles. The van der Waals surface area contributed by atoms with E-state index in [0.29, 0.717) is 17.2 Å². The highest BCUT2D eigenvalue weighted by molar-refractivity contribution is 5.99. The molecule has 0 bridgehead atoms. The van der Waals surface area contributed by atoms with Crippen LogP contribution in [0.2, 0.25) is 0 Å². The van der Waals surface area contributed by atoms with Crippen LogP contribution in [0.5, 0.6) is 0 Å². The van der Waals surface area contributed by atoms with Crippen molar-refractivity contribution in [2.45, 2.75) is 51.5 Å². The van der Waals surface area contributed by atoms with Gasteiger partial charge in [-0.25, -0.2) is 0 Å². The zero-order valence-electron chi connectivity index (χ0n) is 16.0. The van der Waals surface area contributed by atoms with E-state index in [0.717, 1.165) is 29.7 Å². The number of nitrogens with one attached hydrogen (secondary N) is 1. The summed E-state index contributed by atoms with van der Waals surface area (Å²) in [5, 5.41) is 16.4. The lowest BCUT2D eigenvalue weighted by Crippen LogP contribution is -2.20. The number of Topliss-reactive ketones (excluding diaryl/α,β-unsaturated/α-hetero) is 1. The molecule has 0 radical (unpaired) electrons. The number of aromatic nitrogens is 2. The molecule has 0 unspecified atom stereocenters. The van der Waals surface area contributed by atoms with E-state index in [1.54, 1.807) is 23.9 Å². The minimum absolute atomic E-state index is 0.0357. The van der Waals surface area contributed by atoms with Crippen LogP contribution in [0.4, 0.5) is 0 Å². The van der Waals surface area contributed by atoms with Crippen molar-refractivity contribution in [2.24, 2.45) is 0 Å². The molecule has 1 heterocycles. The van der Waals surface area contributed by atoms with Gasteiger partial charge in [0.1, 0.15) is 5.69 Å². The lowest BCUT2D eigenvalue weighted by Gasteiger charge is -2.11. The van der Waals surface area contributed by atoms with Crippen molar-refractivity contribution in [2.75, 3.05) is 7.05 Å². The molecule has 1 saturated carbocycles. The first-order valence-corrected chi connectivity index (χ1v) is 9.33. The standard InChI is InChI=1S/C21H24N4O2/c1-13(2)25-21(17(26)10-11-18(27)23-3)19(15-8-9-15)20(24-25)16-6-4-14(12-22)5-7-16/h4-7,13,15H,8-11H2,1-3H3,(H,23,27). The quantitative estimate of drug-likeness (QED) is 0.761. The van der Waals surface area contributed by atoms with E-state index in [2.05, 4.69) is 11.4 Å². The first kappa shape index (κ1) is 18.8. The van der Waals surface area contributed by atoms with Crippen LogP contribution in [0, 0.1) is 11.3 Å². The SMILES string of the molecule is CNC(=O)CCC(=O)c1c(C2CC2)c(-c2ccc(C#N)cc2)nn1C(C)C. The number of rotatable bonds is 7. The lowest BCUT2D eigenvalue weighted by atomic mass is 9.98. The fourth-order valence-corrected chi connectivity index (χ4v) is 3.24. The zero-order valence-corrected chi connectivity index (χ0v) is 16.0. The van der Waals surface area contributed by atoms with Crippen molar-refractivity contribution in [3.05, 3.63) is 41.1 Å². The molecule has 1 amide bonds. The van der Waals surface area contributed by atoms with Gasteiger partial charge < -0.3 is 5.32 Å². The van der Waals surface area contributed by atoms with Gasteiger partial charge in [-0.15, -0.1) is 0 Å². The normalized spacial score (nSPS) is 13.4. The highest BCUT2D eigenvalue weighted by Gasteiger charge is 2.35. The Morgan fingerprint density at radius 3 is 2.44 bits per heavy atom. The Labute approximate surface area is 159 Å². The second kappa shape index (κ2) is 7.75. The fraction of sp³-hybridized carbons (Fsp3) is 0.429. The molecule has 1 aliphatic rings. The topological polar surface area (TPSA) is 87.8 Å². The molecule has 1 aromatic carbocycles. The molecule has 1 fully saturated rings. The predicted octanol–water partition coefficient (Wildman–Crippen LogP) is 3.59. The van der Waals surface area contributed by atoms with E-state index in [1.165, 1.54) is 0 Å². The number of carbonyl (C=O) groups is 2. The molecular weight excluding hydrogens is 340 g/mol. The molecule has 0 saturated heterocycles. The van der Waals surface area contributed by atoms with Gasteiger partial charge in [-0.3, -0.25) is 14.3 Å². The van der Waals surface area contributed by atoms with Crippen molar-refractivity contribution in [3.8, 4) is 17.3 Å². The van der Waals surface area contributed by atoms with Crippen LogP contribution in [0.1, 0.15) is 73.1 Å². The average molecular weight is 364 g/mol. The number of nitrogens with zero attached hydrogens (tertiary/aromatic N) is 3. The Hall–Kier alpha value is -2.94. The number of hydrogen-bond acceptors (Lipinski definition) is 4. The van der Waals surface area contributed by atoms with Gasteiger partial charge >= 0.3 is 0 Å². The highest BCUT2D eigenvalue weighted by Crippen LogP contribution is 2.46. The van der Waals surface area contributed by atoms with E-state index < -0.39 is 0 Å². The van der Waals surface area contributed by atoms with E-state index in [9.17, 15) is 9.59 Å². The minimum Gasteiger partial charge on any atom is -0.359 e. The van der Waals surface area contributed by atoms with Gasteiger partial charge in [0.15, 0.2) is 5.78 Å². The fourth-order valence-electron chi connectivity index (χ4n) is 3.24. The summed E-state index contributed by atoms with van der Waals surface area (Å²) in [4.78, 5) is 24.6. The smallest absolute Gasteiger partial charge is 0.220 e. The Morgan fingerprint density at radius 2 is 1.93 bits per heavy atom. The molecule has 1 aliphatic carbocycles. The third kappa shape index (κ3) is 3.92. The van der Waals surface area contributed by atoms with Gasteiger partial charge in [0.05, 0.1) is 17.3 Å². The summed E-state index contributed by atoms with van der Waals surface area (Å²) in [5.41, 5.74) is 3.96. The van der Waals surface area contributed by atoms with Crippen molar-refractivity contribution >= 4 is 11.7 Å². The molecule has 6 heteroatoms. The Morgan fingerprint density at radius 1 is 1.26 bits per heavy atom. The summed E-state index contributed by atoms with van der Waals surface area (Å²) in [6, 6.07) is 9.47. The number of carbonyl (C=O) groups excluding carboxylic acids is 2. The van der Waals surface area contributed by atoms with Crippen LogP contribution >= 0.6 is 0 Å². The molecule has 1 aromatic heterocycles. The van der Waals surface area contributed by atoms with Crippen LogP contribution < -0.4 is 5.32 Å². The maximum absolute atomic E-state index is 13.0. The molecule has 2 aromatic rings. The lowest BCUT2D eigenvalue weighted by molar-refractivity contribution is -0.120. The second-order valence-electron chi connectivity index (χ2n) is 7.21. The van der Waals surface area contributed by atoms with Crippen LogP contribution in [0.15, 0.2) is 24.3 Å². The summed E-state index contributed by atoms with van der Waals surface area (Å²) in [6.45, 7) is 4.00. The summed E-state index contributed by atoms with van der Waals surface area (Å²) >= 11 is 0. The number of benzene rings is 1.